The quantitative estimate of drug-likeness (QED) is 0.854. The third-order valence-electron chi connectivity index (χ3n) is 5.26. The Bertz CT molecular complexity index is 760. The Labute approximate surface area is 154 Å². The van der Waals surface area contributed by atoms with E-state index in [1.165, 1.54) is 11.1 Å². The van der Waals surface area contributed by atoms with E-state index in [4.69, 9.17) is 4.42 Å². The summed E-state index contributed by atoms with van der Waals surface area (Å²) < 4.78 is 5.22. The average molecular weight is 354 g/mol. The number of nitrogens with one attached hydrogen (secondary N) is 2. The number of amides is 2. The van der Waals surface area contributed by atoms with Gasteiger partial charge in [0.05, 0.1) is 12.8 Å². The summed E-state index contributed by atoms with van der Waals surface area (Å²) in [6.07, 6.45) is 4.58. The molecule has 0 aliphatic heterocycles. The minimum atomic E-state index is -0.0225. The lowest BCUT2D eigenvalue weighted by atomic mass is 9.81. The van der Waals surface area contributed by atoms with Gasteiger partial charge in [0.1, 0.15) is 5.76 Å². The van der Waals surface area contributed by atoms with E-state index in [0.29, 0.717) is 6.54 Å². The van der Waals surface area contributed by atoms with Crippen LogP contribution in [0.3, 0.4) is 0 Å². The zero-order valence-electron chi connectivity index (χ0n) is 15.4. The Morgan fingerprint density at radius 1 is 1.00 bits per heavy atom. The molecule has 1 heterocycles. The fourth-order valence-corrected chi connectivity index (χ4v) is 3.41. The van der Waals surface area contributed by atoms with Crippen molar-refractivity contribution in [1.82, 2.24) is 5.32 Å². The van der Waals surface area contributed by atoms with Crippen LogP contribution in [0.1, 0.15) is 42.6 Å². The largest absolute Gasteiger partial charge is 0.467 e. The maximum Gasteiger partial charge on any atom is 0.227 e. The first-order valence-corrected chi connectivity index (χ1v) is 9.21. The second kappa shape index (κ2) is 8.21. The number of carbonyl (C=O) groups is 2. The fraction of sp³-hybridized carbons (Fsp3) is 0.429. The standard InChI is InChI=1S/C21H26N2O3/c1-14-5-10-18(12-15(14)2)23-21(25)17-8-6-16(7-9-17)20(24)22-13-19-4-3-11-26-19/h3-5,10-12,16-17H,6-9,13H2,1-2H3,(H,22,24)(H,23,25). The number of hydrogen-bond donors (Lipinski definition) is 2. The second-order valence-corrected chi connectivity index (χ2v) is 7.13. The Morgan fingerprint density at radius 2 is 1.69 bits per heavy atom. The predicted octanol–water partition coefficient (Wildman–Crippen LogP) is 3.96. The number of rotatable bonds is 5. The fourth-order valence-electron chi connectivity index (χ4n) is 3.41. The van der Waals surface area contributed by atoms with E-state index in [2.05, 4.69) is 17.6 Å². The van der Waals surface area contributed by atoms with Crippen molar-refractivity contribution < 1.29 is 14.0 Å². The number of benzene rings is 1. The van der Waals surface area contributed by atoms with E-state index in [0.717, 1.165) is 37.1 Å². The van der Waals surface area contributed by atoms with Crippen LogP contribution in [-0.4, -0.2) is 11.8 Å². The molecule has 138 valence electrons. The van der Waals surface area contributed by atoms with Crippen molar-refractivity contribution in [3.63, 3.8) is 0 Å². The van der Waals surface area contributed by atoms with Crippen LogP contribution >= 0.6 is 0 Å². The number of carbonyl (C=O) groups excluding carboxylic acids is 2. The molecule has 26 heavy (non-hydrogen) atoms. The average Bonchev–Trinajstić information content (AvgIpc) is 3.16. The van der Waals surface area contributed by atoms with Crippen LogP contribution in [0.2, 0.25) is 0 Å². The smallest absolute Gasteiger partial charge is 0.227 e. The molecule has 5 nitrogen and oxygen atoms in total. The molecule has 2 amide bonds. The summed E-state index contributed by atoms with van der Waals surface area (Å²) in [6.45, 7) is 4.51. The number of anilines is 1. The summed E-state index contributed by atoms with van der Waals surface area (Å²) in [4.78, 5) is 24.8. The second-order valence-electron chi connectivity index (χ2n) is 7.13. The van der Waals surface area contributed by atoms with E-state index in [1.807, 2.05) is 31.2 Å². The Balaban J connectivity index is 1.45. The lowest BCUT2D eigenvalue weighted by Gasteiger charge is -2.27. The number of furan rings is 1. The van der Waals surface area contributed by atoms with Crippen LogP contribution in [0.5, 0.6) is 0 Å². The van der Waals surface area contributed by atoms with Gasteiger partial charge in [-0.25, -0.2) is 0 Å². The Morgan fingerprint density at radius 3 is 2.31 bits per heavy atom. The van der Waals surface area contributed by atoms with Gasteiger partial charge in [-0.3, -0.25) is 9.59 Å². The molecule has 1 aliphatic rings. The SMILES string of the molecule is Cc1ccc(NC(=O)C2CCC(C(=O)NCc3ccco3)CC2)cc1C. The number of aryl methyl sites for hydroxylation is 2. The van der Waals surface area contributed by atoms with Crippen LogP contribution < -0.4 is 10.6 Å². The maximum atomic E-state index is 12.5. The topological polar surface area (TPSA) is 71.3 Å². The molecule has 1 fully saturated rings. The van der Waals surface area contributed by atoms with E-state index in [9.17, 15) is 9.59 Å². The van der Waals surface area contributed by atoms with Gasteiger partial charge in [-0.1, -0.05) is 6.07 Å². The van der Waals surface area contributed by atoms with Crippen molar-refractivity contribution in [3.8, 4) is 0 Å². The van der Waals surface area contributed by atoms with Crippen LogP contribution in [0.25, 0.3) is 0 Å². The molecule has 2 N–H and O–H groups in total. The van der Waals surface area contributed by atoms with Crippen LogP contribution in [0, 0.1) is 25.7 Å². The lowest BCUT2D eigenvalue weighted by Crippen LogP contribution is -2.35. The molecule has 3 rings (SSSR count). The first-order chi connectivity index (χ1) is 12.5. The van der Waals surface area contributed by atoms with Gasteiger partial charge in [0.15, 0.2) is 0 Å². The molecule has 0 bridgehead atoms. The minimum Gasteiger partial charge on any atom is -0.467 e. The maximum absolute atomic E-state index is 12.5. The summed E-state index contributed by atoms with van der Waals surface area (Å²) in [5.74, 6) is 0.818. The molecule has 1 aromatic heterocycles. The normalized spacial score (nSPS) is 19.8. The first kappa shape index (κ1) is 18.2. The van der Waals surface area contributed by atoms with Gasteiger partial charge in [-0.05, 0) is 74.9 Å². The third-order valence-corrected chi connectivity index (χ3v) is 5.26. The summed E-state index contributed by atoms with van der Waals surface area (Å²) in [6, 6.07) is 9.61. The summed E-state index contributed by atoms with van der Waals surface area (Å²) >= 11 is 0. The third kappa shape index (κ3) is 4.54. The highest BCUT2D eigenvalue weighted by Gasteiger charge is 2.30. The monoisotopic (exact) mass is 354 g/mol. The van der Waals surface area contributed by atoms with Gasteiger partial charge in [-0.2, -0.15) is 0 Å². The van der Waals surface area contributed by atoms with Crippen molar-refractivity contribution in [3.05, 3.63) is 53.5 Å². The molecule has 0 spiro atoms. The molecule has 1 aromatic carbocycles. The van der Waals surface area contributed by atoms with Crippen LogP contribution in [-0.2, 0) is 16.1 Å². The molecule has 5 heteroatoms. The van der Waals surface area contributed by atoms with Gasteiger partial charge >= 0.3 is 0 Å². The van der Waals surface area contributed by atoms with Gasteiger partial charge in [0.25, 0.3) is 0 Å². The summed E-state index contributed by atoms with van der Waals surface area (Å²) in [5, 5.41) is 5.93. The Hall–Kier alpha value is -2.56. The zero-order chi connectivity index (χ0) is 18.5. The molecule has 0 saturated heterocycles. The van der Waals surface area contributed by atoms with Crippen LogP contribution in [0.15, 0.2) is 41.0 Å². The summed E-state index contributed by atoms with van der Waals surface area (Å²) in [5.41, 5.74) is 3.22. The van der Waals surface area contributed by atoms with Crippen LogP contribution in [0.4, 0.5) is 5.69 Å². The van der Waals surface area contributed by atoms with Crippen molar-refractivity contribution in [2.45, 2.75) is 46.1 Å². The molecule has 0 atom stereocenters. The van der Waals surface area contributed by atoms with Crippen molar-refractivity contribution >= 4 is 17.5 Å². The molecule has 1 saturated carbocycles. The number of hydrogen-bond acceptors (Lipinski definition) is 3. The van der Waals surface area contributed by atoms with Gasteiger partial charge in [0.2, 0.25) is 11.8 Å². The highest BCUT2D eigenvalue weighted by molar-refractivity contribution is 5.93. The highest BCUT2D eigenvalue weighted by Crippen LogP contribution is 2.30. The minimum absolute atomic E-state index is 0.0179. The Kier molecular flexibility index (Phi) is 5.76. The van der Waals surface area contributed by atoms with Crippen molar-refractivity contribution in [2.75, 3.05) is 5.32 Å². The molecular weight excluding hydrogens is 328 g/mol. The van der Waals surface area contributed by atoms with Crippen molar-refractivity contribution in [2.24, 2.45) is 11.8 Å². The van der Waals surface area contributed by atoms with E-state index < -0.39 is 0 Å². The molecular formula is C21H26N2O3. The zero-order valence-corrected chi connectivity index (χ0v) is 15.4. The lowest BCUT2D eigenvalue weighted by molar-refractivity contribution is -0.128. The molecule has 1 aliphatic carbocycles. The molecule has 0 unspecified atom stereocenters. The van der Waals surface area contributed by atoms with Crippen molar-refractivity contribution in [1.29, 1.82) is 0 Å². The van der Waals surface area contributed by atoms with E-state index in [-0.39, 0.29) is 23.7 Å². The first-order valence-electron chi connectivity index (χ1n) is 9.21. The highest BCUT2D eigenvalue weighted by atomic mass is 16.3. The van der Waals surface area contributed by atoms with Gasteiger partial charge in [0, 0.05) is 17.5 Å². The predicted molar refractivity (Wildman–Crippen MR) is 101 cm³/mol. The summed E-state index contributed by atoms with van der Waals surface area (Å²) in [7, 11) is 0. The van der Waals surface area contributed by atoms with E-state index in [1.54, 1.807) is 12.3 Å². The van der Waals surface area contributed by atoms with E-state index >= 15 is 0 Å². The van der Waals surface area contributed by atoms with Gasteiger partial charge in [-0.15, -0.1) is 0 Å². The molecule has 2 aromatic rings. The molecule has 0 radical (unpaired) electrons. The van der Waals surface area contributed by atoms with Gasteiger partial charge < -0.3 is 15.1 Å².